The predicted octanol–water partition coefficient (Wildman–Crippen LogP) is 19.5. The van der Waals surface area contributed by atoms with Gasteiger partial charge in [0.15, 0.2) is 6.10 Å². The Morgan fingerprint density at radius 1 is 0.288 bits per heavy atom. The molecule has 6 heteroatoms. The molecule has 1 atom stereocenters. The molecule has 0 rings (SSSR count). The van der Waals surface area contributed by atoms with E-state index in [1.165, 1.54) is 205 Å². The van der Waals surface area contributed by atoms with E-state index in [9.17, 15) is 14.4 Å². The summed E-state index contributed by atoms with van der Waals surface area (Å²) in [6.07, 6.45) is 64.6. The molecule has 6 nitrogen and oxygen atoms in total. The molecular formula is C60H112O6. The van der Waals surface area contributed by atoms with Crippen LogP contribution in [0.4, 0.5) is 0 Å². The first-order valence-corrected chi connectivity index (χ1v) is 29.3. The zero-order valence-corrected chi connectivity index (χ0v) is 44.5. The molecule has 0 radical (unpaired) electrons. The van der Waals surface area contributed by atoms with Crippen LogP contribution in [0.5, 0.6) is 0 Å². The van der Waals surface area contributed by atoms with Crippen LogP contribution in [0.3, 0.4) is 0 Å². The van der Waals surface area contributed by atoms with Crippen molar-refractivity contribution in [2.45, 2.75) is 329 Å². The van der Waals surface area contributed by atoms with Crippen molar-refractivity contribution >= 4 is 17.9 Å². The first kappa shape index (κ1) is 63.9. The van der Waals surface area contributed by atoms with Crippen molar-refractivity contribution in [2.75, 3.05) is 13.2 Å². The van der Waals surface area contributed by atoms with Gasteiger partial charge in [-0.05, 0) is 70.6 Å². The van der Waals surface area contributed by atoms with E-state index in [1.54, 1.807) is 0 Å². The van der Waals surface area contributed by atoms with Gasteiger partial charge in [0.2, 0.25) is 0 Å². The molecule has 66 heavy (non-hydrogen) atoms. The van der Waals surface area contributed by atoms with Gasteiger partial charge in [-0.15, -0.1) is 0 Å². The zero-order valence-electron chi connectivity index (χ0n) is 44.5. The molecule has 0 spiro atoms. The lowest BCUT2D eigenvalue weighted by Crippen LogP contribution is -2.30. The molecule has 0 N–H and O–H groups in total. The van der Waals surface area contributed by atoms with Gasteiger partial charge in [0.25, 0.3) is 0 Å². The Bertz CT molecular complexity index is 1070. The molecule has 0 bridgehead atoms. The summed E-state index contributed by atoms with van der Waals surface area (Å²) in [5.74, 6) is -0.880. The van der Waals surface area contributed by atoms with E-state index in [4.69, 9.17) is 14.2 Å². The van der Waals surface area contributed by atoms with Gasteiger partial charge in [-0.1, -0.05) is 257 Å². The molecule has 0 heterocycles. The Kier molecular flexibility index (Phi) is 53.7. The molecule has 0 fully saturated rings. The van der Waals surface area contributed by atoms with Gasteiger partial charge < -0.3 is 14.2 Å². The molecule has 0 aliphatic carbocycles. The highest BCUT2D eigenvalue weighted by atomic mass is 16.6. The first-order valence-electron chi connectivity index (χ1n) is 29.3. The van der Waals surface area contributed by atoms with Crippen LogP contribution in [-0.2, 0) is 28.6 Å². The minimum absolute atomic E-state index is 0.0749. The average Bonchev–Trinajstić information content (AvgIpc) is 3.31. The average molecular weight is 930 g/mol. The van der Waals surface area contributed by atoms with Gasteiger partial charge in [-0.3, -0.25) is 14.4 Å². The molecule has 0 aromatic rings. The Morgan fingerprint density at radius 3 is 0.773 bits per heavy atom. The second-order valence-electron chi connectivity index (χ2n) is 19.9. The lowest BCUT2D eigenvalue weighted by molar-refractivity contribution is -0.167. The van der Waals surface area contributed by atoms with Crippen LogP contribution in [0.15, 0.2) is 24.3 Å². The quantitative estimate of drug-likeness (QED) is 0.0262. The van der Waals surface area contributed by atoms with Crippen molar-refractivity contribution in [3.63, 3.8) is 0 Å². The van der Waals surface area contributed by atoms with Crippen molar-refractivity contribution in [3.8, 4) is 0 Å². The number of rotatable bonds is 54. The normalized spacial score (nSPS) is 12.1. The summed E-state index contributed by atoms with van der Waals surface area (Å²) in [7, 11) is 0. The van der Waals surface area contributed by atoms with Crippen LogP contribution in [0.2, 0.25) is 0 Å². The third kappa shape index (κ3) is 52.9. The number of hydrogen-bond acceptors (Lipinski definition) is 6. The highest BCUT2D eigenvalue weighted by molar-refractivity contribution is 5.71. The van der Waals surface area contributed by atoms with Gasteiger partial charge in [0.1, 0.15) is 13.2 Å². The van der Waals surface area contributed by atoms with Crippen LogP contribution in [0.25, 0.3) is 0 Å². The number of ether oxygens (including phenoxy) is 3. The third-order valence-corrected chi connectivity index (χ3v) is 13.2. The van der Waals surface area contributed by atoms with Crippen LogP contribution < -0.4 is 0 Å². The summed E-state index contributed by atoms with van der Waals surface area (Å²) < 4.78 is 16.9. The fourth-order valence-electron chi connectivity index (χ4n) is 8.73. The SMILES string of the molecule is CCCCCCCC/C=C\CCCCCC(=O)OCC(COC(=O)CCCCCCCCCCCCCCCCCCCCC)OC(=O)CCCCCCC/C=C\CCCCCCCCC. The van der Waals surface area contributed by atoms with Crippen molar-refractivity contribution in [3.05, 3.63) is 24.3 Å². The summed E-state index contributed by atoms with van der Waals surface area (Å²) in [5.41, 5.74) is 0. The Hall–Kier alpha value is -2.11. The molecule has 0 aliphatic heterocycles. The fourth-order valence-corrected chi connectivity index (χ4v) is 8.73. The van der Waals surface area contributed by atoms with Gasteiger partial charge in [-0.25, -0.2) is 0 Å². The van der Waals surface area contributed by atoms with E-state index in [2.05, 4.69) is 45.1 Å². The maximum absolute atomic E-state index is 12.8. The van der Waals surface area contributed by atoms with E-state index in [0.717, 1.165) is 77.0 Å². The van der Waals surface area contributed by atoms with Crippen molar-refractivity contribution in [2.24, 2.45) is 0 Å². The molecule has 1 unspecified atom stereocenters. The number of allylic oxidation sites excluding steroid dienone is 4. The largest absolute Gasteiger partial charge is 0.462 e. The van der Waals surface area contributed by atoms with Crippen molar-refractivity contribution in [1.29, 1.82) is 0 Å². The molecule has 388 valence electrons. The predicted molar refractivity (Wildman–Crippen MR) is 284 cm³/mol. The third-order valence-electron chi connectivity index (χ3n) is 13.2. The number of unbranched alkanes of at least 4 members (excludes halogenated alkanes) is 39. The Morgan fingerprint density at radius 2 is 0.500 bits per heavy atom. The summed E-state index contributed by atoms with van der Waals surface area (Å²) in [5, 5.41) is 0. The minimum atomic E-state index is -0.778. The minimum Gasteiger partial charge on any atom is -0.462 e. The first-order chi connectivity index (χ1) is 32.5. The molecule has 0 aromatic carbocycles. The number of carbonyl (C=O) groups is 3. The zero-order chi connectivity index (χ0) is 47.9. The maximum atomic E-state index is 12.8. The molecule has 0 aromatic heterocycles. The summed E-state index contributed by atoms with van der Waals surface area (Å²) >= 11 is 0. The van der Waals surface area contributed by atoms with Crippen molar-refractivity contribution in [1.82, 2.24) is 0 Å². The lowest BCUT2D eigenvalue weighted by Gasteiger charge is -2.18. The monoisotopic (exact) mass is 929 g/mol. The fraction of sp³-hybridized carbons (Fsp3) is 0.883. The van der Waals surface area contributed by atoms with E-state index in [0.29, 0.717) is 19.3 Å². The number of carbonyl (C=O) groups excluding carboxylic acids is 3. The Balaban J connectivity index is 4.32. The van der Waals surface area contributed by atoms with Gasteiger partial charge in [0.05, 0.1) is 0 Å². The standard InChI is InChI=1S/C60H112O6/c1-4-7-10-13-16-19-22-25-27-29-30-31-33-35-38-41-44-47-50-53-59(62)65-56-57(55-64-58(61)52-49-46-43-40-37-34-24-21-18-15-12-9-6-3)66-60(63)54-51-48-45-42-39-36-32-28-26-23-20-17-14-11-8-5-2/h28,32,34,37,57H,4-27,29-31,33,35-36,38-56H2,1-3H3/b32-28-,37-34-. The van der Waals surface area contributed by atoms with E-state index >= 15 is 0 Å². The topological polar surface area (TPSA) is 78.9 Å². The molecule has 0 saturated heterocycles. The van der Waals surface area contributed by atoms with E-state index < -0.39 is 6.10 Å². The molecule has 0 saturated carbocycles. The molecular weight excluding hydrogens is 817 g/mol. The smallest absolute Gasteiger partial charge is 0.306 e. The number of esters is 3. The van der Waals surface area contributed by atoms with Gasteiger partial charge in [0, 0.05) is 19.3 Å². The summed E-state index contributed by atoms with van der Waals surface area (Å²) in [6.45, 7) is 6.66. The van der Waals surface area contributed by atoms with E-state index in [-0.39, 0.29) is 31.1 Å². The maximum Gasteiger partial charge on any atom is 0.306 e. The summed E-state index contributed by atoms with van der Waals surface area (Å²) in [4.78, 5) is 38.1. The van der Waals surface area contributed by atoms with Crippen LogP contribution in [-0.4, -0.2) is 37.2 Å². The molecule has 0 aliphatic rings. The van der Waals surface area contributed by atoms with Crippen molar-refractivity contribution < 1.29 is 28.6 Å². The molecule has 0 amide bonds. The van der Waals surface area contributed by atoms with Gasteiger partial charge in [-0.2, -0.15) is 0 Å². The Labute approximate surface area is 411 Å². The second-order valence-corrected chi connectivity index (χ2v) is 19.9. The highest BCUT2D eigenvalue weighted by Gasteiger charge is 2.19. The highest BCUT2D eigenvalue weighted by Crippen LogP contribution is 2.17. The lowest BCUT2D eigenvalue weighted by atomic mass is 10.0. The van der Waals surface area contributed by atoms with Crippen LogP contribution >= 0.6 is 0 Å². The van der Waals surface area contributed by atoms with Crippen LogP contribution in [0.1, 0.15) is 323 Å². The van der Waals surface area contributed by atoms with Crippen LogP contribution in [0, 0.1) is 0 Å². The van der Waals surface area contributed by atoms with Gasteiger partial charge >= 0.3 is 17.9 Å². The number of hydrogen-bond donors (Lipinski definition) is 0. The summed E-state index contributed by atoms with van der Waals surface area (Å²) in [6, 6.07) is 0. The van der Waals surface area contributed by atoms with E-state index in [1.807, 2.05) is 0 Å². The second kappa shape index (κ2) is 55.5.